The van der Waals surface area contributed by atoms with Crippen molar-refractivity contribution in [3.05, 3.63) is 28.3 Å². The van der Waals surface area contributed by atoms with E-state index in [9.17, 15) is 18.5 Å². The van der Waals surface area contributed by atoms with Gasteiger partial charge in [0.05, 0.1) is 4.92 Å². The lowest BCUT2D eigenvalue weighted by atomic mass is 10.2. The van der Waals surface area contributed by atoms with E-state index in [1.807, 2.05) is 13.8 Å². The first-order chi connectivity index (χ1) is 9.21. The zero-order chi connectivity index (χ0) is 15.5. The largest absolute Gasteiger partial charge is 0.318 e. The normalized spacial score (nSPS) is 11.9. The monoisotopic (exact) mass is 302 g/mol. The van der Waals surface area contributed by atoms with Gasteiger partial charge in [-0.05, 0) is 18.1 Å². The summed E-state index contributed by atoms with van der Waals surface area (Å²) in [6.07, 6.45) is 0. The average molecular weight is 302 g/mol. The number of hydrogen-bond acceptors (Lipinski definition) is 6. The van der Waals surface area contributed by atoms with E-state index in [0.29, 0.717) is 0 Å². The van der Waals surface area contributed by atoms with Crippen molar-refractivity contribution in [3.63, 3.8) is 0 Å². The molecule has 8 nitrogen and oxygen atoms in total. The van der Waals surface area contributed by atoms with Gasteiger partial charge >= 0.3 is 5.69 Å². The predicted molar refractivity (Wildman–Crippen MR) is 75.6 cm³/mol. The Bertz CT molecular complexity index is 600. The van der Waals surface area contributed by atoms with E-state index in [0.717, 1.165) is 4.31 Å². The number of nitro groups is 1. The highest BCUT2D eigenvalue weighted by Crippen LogP contribution is 2.32. The van der Waals surface area contributed by atoms with E-state index in [-0.39, 0.29) is 23.0 Å². The SMILES string of the molecule is CC(C)CN(C)S(=O)(=O)c1cccc(NN)c1[N+](=O)[O-]. The summed E-state index contributed by atoms with van der Waals surface area (Å²) < 4.78 is 25.9. The van der Waals surface area contributed by atoms with E-state index >= 15 is 0 Å². The number of nitrogens with two attached hydrogens (primary N) is 1. The van der Waals surface area contributed by atoms with Crippen LogP contribution in [0.25, 0.3) is 0 Å². The maximum Gasteiger partial charge on any atom is 0.313 e. The fourth-order valence-corrected chi connectivity index (χ4v) is 3.33. The van der Waals surface area contributed by atoms with Gasteiger partial charge in [0.15, 0.2) is 4.90 Å². The highest BCUT2D eigenvalue weighted by atomic mass is 32.2. The molecule has 0 amide bonds. The highest BCUT2D eigenvalue weighted by molar-refractivity contribution is 7.89. The molecule has 0 unspecified atom stereocenters. The molecule has 0 aliphatic rings. The molecule has 0 aromatic heterocycles. The van der Waals surface area contributed by atoms with Gasteiger partial charge in [-0.15, -0.1) is 0 Å². The Morgan fingerprint density at radius 2 is 2.05 bits per heavy atom. The lowest BCUT2D eigenvalue weighted by Gasteiger charge is -2.19. The molecule has 1 aromatic carbocycles. The topological polar surface area (TPSA) is 119 Å². The molecule has 0 saturated carbocycles. The van der Waals surface area contributed by atoms with Crippen molar-refractivity contribution in [3.8, 4) is 0 Å². The summed E-state index contributed by atoms with van der Waals surface area (Å²) in [5.74, 6) is 5.30. The van der Waals surface area contributed by atoms with Crippen LogP contribution in [0.15, 0.2) is 23.1 Å². The number of hydrogen-bond donors (Lipinski definition) is 2. The molecular formula is C11H18N4O4S. The Hall–Kier alpha value is -1.71. The molecule has 3 N–H and O–H groups in total. The van der Waals surface area contributed by atoms with Crippen LogP contribution in [-0.2, 0) is 10.0 Å². The fraction of sp³-hybridized carbons (Fsp3) is 0.455. The number of hydrazine groups is 1. The molecular weight excluding hydrogens is 284 g/mol. The first-order valence-corrected chi connectivity index (χ1v) is 7.36. The van der Waals surface area contributed by atoms with Crippen LogP contribution < -0.4 is 11.3 Å². The smallest absolute Gasteiger partial charge is 0.313 e. The van der Waals surface area contributed by atoms with Gasteiger partial charge in [-0.25, -0.2) is 12.7 Å². The van der Waals surface area contributed by atoms with E-state index in [4.69, 9.17) is 5.84 Å². The maximum absolute atomic E-state index is 12.4. The molecule has 1 aromatic rings. The first kappa shape index (κ1) is 16.3. The van der Waals surface area contributed by atoms with E-state index < -0.39 is 20.6 Å². The molecule has 0 spiro atoms. The second-order valence-corrected chi connectivity index (χ2v) is 6.75. The van der Waals surface area contributed by atoms with Crippen LogP contribution in [-0.4, -0.2) is 31.2 Å². The van der Waals surface area contributed by atoms with Gasteiger partial charge in [0, 0.05) is 13.6 Å². The number of para-hydroxylation sites is 1. The van der Waals surface area contributed by atoms with Gasteiger partial charge in [0.1, 0.15) is 5.69 Å². The summed E-state index contributed by atoms with van der Waals surface area (Å²) in [7, 11) is -2.56. The van der Waals surface area contributed by atoms with E-state index in [1.54, 1.807) is 0 Å². The predicted octanol–water partition coefficient (Wildman–Crippen LogP) is 1.16. The highest BCUT2D eigenvalue weighted by Gasteiger charge is 2.32. The second kappa shape index (κ2) is 6.16. The Balaban J connectivity index is 3.42. The molecule has 0 heterocycles. The van der Waals surface area contributed by atoms with Gasteiger partial charge in [-0.2, -0.15) is 0 Å². The molecule has 0 aliphatic carbocycles. The number of nitrogen functional groups attached to an aromatic ring is 1. The number of nitrogens with one attached hydrogen (secondary N) is 1. The van der Waals surface area contributed by atoms with Crippen LogP contribution in [0.4, 0.5) is 11.4 Å². The summed E-state index contributed by atoms with van der Waals surface area (Å²) in [6, 6.07) is 3.95. The van der Waals surface area contributed by atoms with Crippen LogP contribution in [0.1, 0.15) is 13.8 Å². The lowest BCUT2D eigenvalue weighted by Crippen LogP contribution is -2.31. The molecule has 0 fully saturated rings. The molecule has 9 heteroatoms. The van der Waals surface area contributed by atoms with Gasteiger partial charge in [-0.3, -0.25) is 16.0 Å². The van der Waals surface area contributed by atoms with Crippen LogP contribution in [0, 0.1) is 16.0 Å². The van der Waals surface area contributed by atoms with Crippen LogP contribution >= 0.6 is 0 Å². The number of nitro benzene ring substituents is 1. The average Bonchev–Trinajstić information content (AvgIpc) is 2.36. The van der Waals surface area contributed by atoms with Crippen molar-refractivity contribution in [2.75, 3.05) is 19.0 Å². The minimum absolute atomic E-state index is 0.0472. The minimum atomic E-state index is -3.95. The van der Waals surface area contributed by atoms with Crippen molar-refractivity contribution in [1.82, 2.24) is 4.31 Å². The summed E-state index contributed by atoms with van der Waals surface area (Å²) >= 11 is 0. The van der Waals surface area contributed by atoms with Gasteiger partial charge in [0.25, 0.3) is 0 Å². The van der Waals surface area contributed by atoms with Crippen molar-refractivity contribution in [1.29, 1.82) is 0 Å². The standard InChI is InChI=1S/C11H18N4O4S/c1-8(2)7-14(3)20(18,19)10-6-4-5-9(13-12)11(10)15(16)17/h4-6,8,13H,7,12H2,1-3H3. The van der Waals surface area contributed by atoms with Gasteiger partial charge in [0.2, 0.25) is 10.0 Å². The third-order valence-corrected chi connectivity index (χ3v) is 4.50. The quantitative estimate of drug-likeness (QED) is 0.462. The molecule has 0 aliphatic heterocycles. The molecule has 0 bridgehead atoms. The maximum atomic E-state index is 12.4. The fourth-order valence-electron chi connectivity index (χ4n) is 1.82. The van der Waals surface area contributed by atoms with Crippen LogP contribution in [0.2, 0.25) is 0 Å². The van der Waals surface area contributed by atoms with E-state index in [2.05, 4.69) is 5.43 Å². The third-order valence-electron chi connectivity index (χ3n) is 2.65. The Kier molecular flexibility index (Phi) is 5.03. The van der Waals surface area contributed by atoms with E-state index in [1.165, 1.54) is 25.2 Å². The number of benzene rings is 1. The molecule has 20 heavy (non-hydrogen) atoms. The zero-order valence-corrected chi connectivity index (χ0v) is 12.3. The zero-order valence-electron chi connectivity index (χ0n) is 11.5. The number of anilines is 1. The Morgan fingerprint density at radius 3 is 2.50 bits per heavy atom. The van der Waals surface area contributed by atoms with Gasteiger partial charge in [-0.1, -0.05) is 19.9 Å². The first-order valence-electron chi connectivity index (χ1n) is 5.92. The molecule has 0 radical (unpaired) electrons. The number of rotatable bonds is 6. The minimum Gasteiger partial charge on any atom is -0.318 e. The Labute approximate surface area is 117 Å². The van der Waals surface area contributed by atoms with Crippen LogP contribution in [0.5, 0.6) is 0 Å². The molecule has 0 atom stereocenters. The van der Waals surface area contributed by atoms with Crippen molar-refractivity contribution >= 4 is 21.4 Å². The van der Waals surface area contributed by atoms with Crippen molar-refractivity contribution < 1.29 is 13.3 Å². The summed E-state index contributed by atoms with van der Waals surface area (Å²) in [5, 5.41) is 11.1. The summed E-state index contributed by atoms with van der Waals surface area (Å²) in [5.41, 5.74) is 1.55. The molecule has 112 valence electrons. The van der Waals surface area contributed by atoms with Gasteiger partial charge < -0.3 is 5.43 Å². The summed E-state index contributed by atoms with van der Waals surface area (Å²) in [6.45, 7) is 3.98. The summed E-state index contributed by atoms with van der Waals surface area (Å²) in [4.78, 5) is 9.99. The third kappa shape index (κ3) is 3.24. The Morgan fingerprint density at radius 1 is 1.45 bits per heavy atom. The second-order valence-electron chi connectivity index (χ2n) is 4.73. The molecule has 0 saturated heterocycles. The lowest BCUT2D eigenvalue weighted by molar-refractivity contribution is -0.386. The molecule has 1 rings (SSSR count). The number of nitrogens with zero attached hydrogens (tertiary/aromatic N) is 2. The van der Waals surface area contributed by atoms with Crippen molar-refractivity contribution in [2.24, 2.45) is 11.8 Å². The van der Waals surface area contributed by atoms with Crippen molar-refractivity contribution in [2.45, 2.75) is 18.7 Å². The van der Waals surface area contributed by atoms with Crippen LogP contribution in [0.3, 0.4) is 0 Å². The number of sulfonamides is 1.